The summed E-state index contributed by atoms with van der Waals surface area (Å²) < 4.78 is 6.96. The molecule has 0 N–H and O–H groups in total. The fraction of sp³-hybridized carbons (Fsp3) is 0.375. The smallest absolute Gasteiger partial charge is 0.270 e. The highest BCUT2D eigenvalue weighted by Gasteiger charge is 2.07. The molecule has 0 atom stereocenters. The van der Waals surface area contributed by atoms with Crippen LogP contribution in [0.4, 0.5) is 0 Å². The Kier molecular flexibility index (Phi) is 5.02. The molecule has 4 nitrogen and oxygen atoms in total. The molecular weight excluding hydrogens is 288 g/mol. The van der Waals surface area contributed by atoms with Gasteiger partial charge in [0.15, 0.2) is 0 Å². The van der Waals surface area contributed by atoms with Crippen molar-refractivity contribution in [2.24, 2.45) is 13.0 Å². The molecular formula is C16H19ClN2O2. The first-order valence-corrected chi connectivity index (χ1v) is 7.41. The van der Waals surface area contributed by atoms with Crippen molar-refractivity contribution in [2.75, 3.05) is 6.61 Å². The van der Waals surface area contributed by atoms with Crippen molar-refractivity contribution < 1.29 is 4.74 Å². The highest BCUT2D eigenvalue weighted by atomic mass is 35.5. The predicted molar refractivity (Wildman–Crippen MR) is 84.8 cm³/mol. The van der Waals surface area contributed by atoms with E-state index in [1.54, 1.807) is 13.1 Å². The zero-order valence-corrected chi connectivity index (χ0v) is 13.2. The molecule has 0 saturated heterocycles. The van der Waals surface area contributed by atoms with Gasteiger partial charge in [0.2, 0.25) is 0 Å². The zero-order valence-electron chi connectivity index (χ0n) is 12.5. The number of aryl methyl sites for hydroxylation is 1. The summed E-state index contributed by atoms with van der Waals surface area (Å²) >= 11 is 5.80. The Hall–Kier alpha value is -1.81. The lowest BCUT2D eigenvalue weighted by Gasteiger charge is -2.10. The summed E-state index contributed by atoms with van der Waals surface area (Å²) in [7, 11) is 1.63. The van der Waals surface area contributed by atoms with Crippen LogP contribution in [-0.4, -0.2) is 16.4 Å². The van der Waals surface area contributed by atoms with Gasteiger partial charge >= 0.3 is 0 Å². The summed E-state index contributed by atoms with van der Waals surface area (Å²) in [6.45, 7) is 4.90. The molecule has 0 spiro atoms. The van der Waals surface area contributed by atoms with Crippen LogP contribution in [0.3, 0.4) is 0 Å². The van der Waals surface area contributed by atoms with Crippen molar-refractivity contribution in [1.82, 2.24) is 9.78 Å². The Labute approximate surface area is 129 Å². The summed E-state index contributed by atoms with van der Waals surface area (Å²) in [6.07, 6.45) is 0. The number of halogens is 1. The predicted octanol–water partition coefficient (Wildman–Crippen LogP) is 3.22. The first kappa shape index (κ1) is 15.6. The molecule has 0 radical (unpaired) electrons. The van der Waals surface area contributed by atoms with Crippen molar-refractivity contribution >= 4 is 11.6 Å². The van der Waals surface area contributed by atoms with Crippen molar-refractivity contribution in [1.29, 1.82) is 0 Å². The van der Waals surface area contributed by atoms with Crippen LogP contribution in [-0.2, 0) is 12.9 Å². The van der Waals surface area contributed by atoms with Crippen LogP contribution in [0.2, 0.25) is 0 Å². The van der Waals surface area contributed by atoms with Gasteiger partial charge in [-0.25, -0.2) is 4.68 Å². The van der Waals surface area contributed by atoms with Gasteiger partial charge in [-0.1, -0.05) is 13.8 Å². The van der Waals surface area contributed by atoms with Gasteiger partial charge in [0.1, 0.15) is 5.75 Å². The van der Waals surface area contributed by atoms with E-state index in [-0.39, 0.29) is 11.4 Å². The third-order valence-corrected chi connectivity index (χ3v) is 3.30. The van der Waals surface area contributed by atoms with Crippen LogP contribution in [0.5, 0.6) is 5.75 Å². The van der Waals surface area contributed by atoms with Gasteiger partial charge in [0, 0.05) is 18.2 Å². The Balaban J connectivity index is 2.26. The van der Waals surface area contributed by atoms with E-state index in [9.17, 15) is 4.79 Å². The van der Waals surface area contributed by atoms with Crippen molar-refractivity contribution in [2.45, 2.75) is 19.7 Å². The van der Waals surface area contributed by atoms with E-state index >= 15 is 0 Å². The summed E-state index contributed by atoms with van der Waals surface area (Å²) in [4.78, 5) is 11.8. The highest BCUT2D eigenvalue weighted by molar-refractivity contribution is 6.17. The molecule has 1 aromatic carbocycles. The number of aromatic nitrogens is 2. The van der Waals surface area contributed by atoms with E-state index in [2.05, 4.69) is 18.9 Å². The monoisotopic (exact) mass is 306 g/mol. The van der Waals surface area contributed by atoms with E-state index in [0.717, 1.165) is 17.0 Å². The average Bonchev–Trinajstić information content (AvgIpc) is 2.48. The zero-order chi connectivity index (χ0) is 15.4. The fourth-order valence-electron chi connectivity index (χ4n) is 1.89. The average molecular weight is 307 g/mol. The highest BCUT2D eigenvalue weighted by Crippen LogP contribution is 2.21. The molecule has 21 heavy (non-hydrogen) atoms. The van der Waals surface area contributed by atoms with Crippen LogP contribution in [0.1, 0.15) is 19.4 Å². The third-order valence-electron chi connectivity index (χ3n) is 3.01. The molecule has 0 saturated carbocycles. The molecule has 1 aromatic heterocycles. The van der Waals surface area contributed by atoms with Gasteiger partial charge in [0.25, 0.3) is 5.56 Å². The largest absolute Gasteiger partial charge is 0.493 e. The van der Waals surface area contributed by atoms with E-state index in [1.165, 1.54) is 4.68 Å². The molecule has 0 fully saturated rings. The van der Waals surface area contributed by atoms with E-state index in [4.69, 9.17) is 16.3 Å². The summed E-state index contributed by atoms with van der Waals surface area (Å²) in [5.41, 5.74) is 2.03. The third kappa shape index (κ3) is 3.85. The topological polar surface area (TPSA) is 44.1 Å². The van der Waals surface area contributed by atoms with Crippen LogP contribution >= 0.6 is 11.6 Å². The molecule has 0 amide bonds. The van der Waals surface area contributed by atoms with Gasteiger partial charge < -0.3 is 4.74 Å². The Morgan fingerprint density at radius 2 is 1.95 bits per heavy atom. The van der Waals surface area contributed by atoms with E-state index in [0.29, 0.717) is 18.1 Å². The number of alkyl halides is 1. The van der Waals surface area contributed by atoms with Crippen LogP contribution in [0, 0.1) is 5.92 Å². The maximum atomic E-state index is 11.8. The maximum absolute atomic E-state index is 11.8. The number of ether oxygens (including phenoxy) is 1. The fourth-order valence-corrected chi connectivity index (χ4v) is 2.08. The second-order valence-electron chi connectivity index (χ2n) is 5.35. The first-order chi connectivity index (χ1) is 10.0. The van der Waals surface area contributed by atoms with Crippen LogP contribution in [0.15, 0.2) is 35.1 Å². The summed E-state index contributed by atoms with van der Waals surface area (Å²) in [5, 5.41) is 4.26. The number of hydrogen-bond donors (Lipinski definition) is 0. The van der Waals surface area contributed by atoms with Gasteiger partial charge in [-0.3, -0.25) is 4.79 Å². The molecule has 5 heteroatoms. The minimum Gasteiger partial charge on any atom is -0.493 e. The Morgan fingerprint density at radius 3 is 2.52 bits per heavy atom. The number of hydrogen-bond acceptors (Lipinski definition) is 3. The van der Waals surface area contributed by atoms with Crippen LogP contribution < -0.4 is 10.3 Å². The molecule has 112 valence electrons. The normalized spacial score (nSPS) is 10.9. The quantitative estimate of drug-likeness (QED) is 0.797. The molecule has 0 unspecified atom stereocenters. The van der Waals surface area contributed by atoms with Crippen LogP contribution in [0.25, 0.3) is 11.3 Å². The molecule has 0 aliphatic heterocycles. The maximum Gasteiger partial charge on any atom is 0.270 e. The van der Waals surface area contributed by atoms with Crippen molar-refractivity contribution in [3.63, 3.8) is 0 Å². The number of benzene rings is 1. The molecule has 0 bridgehead atoms. The summed E-state index contributed by atoms with van der Waals surface area (Å²) in [6, 6.07) is 9.41. The van der Waals surface area contributed by atoms with E-state index in [1.807, 2.05) is 24.3 Å². The molecule has 2 aromatic rings. The van der Waals surface area contributed by atoms with Gasteiger partial charge in [-0.15, -0.1) is 11.6 Å². The Bertz CT molecular complexity index is 663. The van der Waals surface area contributed by atoms with E-state index < -0.39 is 0 Å². The first-order valence-electron chi connectivity index (χ1n) is 6.87. The van der Waals surface area contributed by atoms with Gasteiger partial charge in [-0.05, 0) is 36.2 Å². The van der Waals surface area contributed by atoms with Gasteiger partial charge in [-0.2, -0.15) is 5.10 Å². The second kappa shape index (κ2) is 6.76. The van der Waals surface area contributed by atoms with Crippen molar-refractivity contribution in [3.05, 3.63) is 46.2 Å². The number of rotatable bonds is 5. The second-order valence-corrected chi connectivity index (χ2v) is 5.61. The number of nitrogens with zero attached hydrogens (tertiary/aromatic N) is 2. The summed E-state index contributed by atoms with van der Waals surface area (Å²) in [5.74, 6) is 1.49. The lowest BCUT2D eigenvalue weighted by Crippen LogP contribution is -2.23. The Morgan fingerprint density at radius 1 is 1.29 bits per heavy atom. The lowest BCUT2D eigenvalue weighted by molar-refractivity contribution is 0.271. The molecule has 1 heterocycles. The minimum atomic E-state index is -0.161. The SMILES string of the molecule is CC(C)COc1ccc(-c2cc(CCl)c(=O)n(C)n2)cc1. The molecule has 2 rings (SSSR count). The van der Waals surface area contributed by atoms with Gasteiger partial charge in [0.05, 0.1) is 18.2 Å². The molecule has 0 aliphatic rings. The minimum absolute atomic E-state index is 0.161. The standard InChI is InChI=1S/C16H19ClN2O2/c1-11(2)10-21-14-6-4-12(5-7-14)15-8-13(9-17)16(20)19(3)18-15/h4-8,11H,9-10H2,1-3H3. The lowest BCUT2D eigenvalue weighted by atomic mass is 10.1. The molecule has 0 aliphatic carbocycles. The van der Waals surface area contributed by atoms with Crippen molar-refractivity contribution in [3.8, 4) is 17.0 Å².